The molecule has 0 amide bonds. The highest BCUT2D eigenvalue weighted by Gasteiger charge is 2.25. The first-order valence-electron chi connectivity index (χ1n) is 5.14. The normalized spacial score (nSPS) is 20.2. The van der Waals surface area contributed by atoms with Crippen LogP contribution in [0.1, 0.15) is 38.5 Å². The van der Waals surface area contributed by atoms with Crippen molar-refractivity contribution in [2.75, 3.05) is 12.7 Å². The summed E-state index contributed by atoms with van der Waals surface area (Å²) in [7, 11) is -1.44. The first-order chi connectivity index (χ1) is 6.33. The average Bonchev–Trinajstić information content (AvgIpc) is 2.16. The van der Waals surface area contributed by atoms with E-state index in [1.54, 1.807) is 0 Å². The molecule has 0 aromatic carbocycles. The van der Waals surface area contributed by atoms with E-state index < -0.39 is 8.03 Å². The Morgan fingerprint density at radius 3 is 2.62 bits per heavy atom. The van der Waals surface area contributed by atoms with Gasteiger partial charge in [-0.05, 0) is 24.0 Å². The molecule has 1 aliphatic carbocycles. The van der Waals surface area contributed by atoms with Gasteiger partial charge in [-0.3, -0.25) is 0 Å². The van der Waals surface area contributed by atoms with E-state index in [0.29, 0.717) is 12.7 Å². The summed E-state index contributed by atoms with van der Waals surface area (Å²) in [5.74, 6) is 0. The lowest BCUT2D eigenvalue weighted by Gasteiger charge is -2.15. The van der Waals surface area contributed by atoms with E-state index >= 15 is 0 Å². The maximum Gasteiger partial charge on any atom is 0.508 e. The molecule has 0 bridgehead atoms. The van der Waals surface area contributed by atoms with Crippen LogP contribution < -0.4 is 5.73 Å². The maximum absolute atomic E-state index is 11.3. The minimum Gasteiger partial charge on any atom is -0.330 e. The van der Waals surface area contributed by atoms with Crippen LogP contribution in [0.2, 0.25) is 0 Å². The summed E-state index contributed by atoms with van der Waals surface area (Å²) in [5, 5.41) is 0. The Bertz CT molecular complexity index is 158. The zero-order valence-corrected chi connectivity index (χ0v) is 8.97. The van der Waals surface area contributed by atoms with Gasteiger partial charge in [-0.2, -0.15) is 0 Å². The third-order valence-corrected chi connectivity index (χ3v) is 3.58. The van der Waals surface area contributed by atoms with Crippen molar-refractivity contribution in [3.8, 4) is 0 Å². The van der Waals surface area contributed by atoms with Gasteiger partial charge in [0.25, 0.3) is 0 Å². The first-order valence-corrected chi connectivity index (χ1v) is 6.50. The molecule has 0 aromatic rings. The van der Waals surface area contributed by atoms with Gasteiger partial charge in [-0.15, -0.1) is 4.52 Å². The molecule has 0 radical (unpaired) electrons. The van der Waals surface area contributed by atoms with Gasteiger partial charge in [0.05, 0.1) is 0 Å². The summed E-state index contributed by atoms with van der Waals surface area (Å²) in [4.78, 5) is 0. The molecule has 0 spiro atoms. The Morgan fingerprint density at radius 2 is 2.00 bits per heavy atom. The van der Waals surface area contributed by atoms with Gasteiger partial charge in [0.1, 0.15) is 6.10 Å². The topological polar surface area (TPSA) is 52.3 Å². The van der Waals surface area contributed by atoms with Gasteiger partial charge in [-0.1, -0.05) is 19.3 Å². The van der Waals surface area contributed by atoms with Gasteiger partial charge in [-0.25, -0.2) is 0 Å². The fourth-order valence-electron chi connectivity index (χ4n) is 1.61. The number of hydrogen-bond acceptors (Lipinski definition) is 3. The molecule has 1 aliphatic rings. The molecule has 1 unspecified atom stereocenters. The summed E-state index contributed by atoms with van der Waals surface area (Å²) >= 11 is 0. The highest BCUT2D eigenvalue weighted by molar-refractivity contribution is 7.39. The first kappa shape index (κ1) is 11.1. The molecule has 1 rings (SSSR count). The van der Waals surface area contributed by atoms with Crippen LogP contribution in [0.15, 0.2) is 0 Å². The molecule has 0 saturated heterocycles. The van der Waals surface area contributed by atoms with Crippen molar-refractivity contribution in [3.63, 3.8) is 0 Å². The molecule has 0 heterocycles. The lowest BCUT2D eigenvalue weighted by atomic mass is 9.98. The lowest BCUT2D eigenvalue weighted by molar-refractivity contribution is 0.165. The molecule has 0 aliphatic heterocycles. The summed E-state index contributed by atoms with van der Waals surface area (Å²) in [6, 6.07) is 0. The summed E-state index contributed by atoms with van der Waals surface area (Å²) < 4.78 is 16.8. The second kappa shape index (κ2) is 6.47. The minimum absolute atomic E-state index is 0.259. The molecule has 3 nitrogen and oxygen atoms in total. The SMILES string of the molecule is NCCC[P+](=O)OC1CCCCC1. The van der Waals surface area contributed by atoms with Gasteiger partial charge >= 0.3 is 8.03 Å². The Balaban J connectivity index is 2.11. The van der Waals surface area contributed by atoms with Crippen LogP contribution in [0.4, 0.5) is 0 Å². The summed E-state index contributed by atoms with van der Waals surface area (Å²) in [5.41, 5.74) is 5.33. The standard InChI is InChI=1S/C9H19NO2P/c10-7-4-8-13(11)12-9-5-2-1-3-6-9/h9H,1-8,10H2/q+1. The zero-order valence-electron chi connectivity index (χ0n) is 8.08. The third-order valence-electron chi connectivity index (χ3n) is 2.36. The number of nitrogens with two attached hydrogens (primary N) is 1. The molecular weight excluding hydrogens is 185 g/mol. The van der Waals surface area contributed by atoms with Crippen molar-refractivity contribution in [2.24, 2.45) is 5.73 Å². The quantitative estimate of drug-likeness (QED) is 0.700. The average molecular weight is 204 g/mol. The van der Waals surface area contributed by atoms with E-state index in [2.05, 4.69) is 0 Å². The van der Waals surface area contributed by atoms with E-state index in [9.17, 15) is 4.57 Å². The van der Waals surface area contributed by atoms with Crippen molar-refractivity contribution >= 4 is 8.03 Å². The second-order valence-corrected chi connectivity index (χ2v) is 4.89. The largest absolute Gasteiger partial charge is 0.508 e. The Labute approximate surface area is 80.9 Å². The Kier molecular flexibility index (Phi) is 5.52. The number of rotatable bonds is 5. The number of hydrogen-bond donors (Lipinski definition) is 1. The highest BCUT2D eigenvalue weighted by atomic mass is 31.1. The molecule has 1 atom stereocenters. The van der Waals surface area contributed by atoms with Gasteiger partial charge < -0.3 is 5.73 Å². The van der Waals surface area contributed by atoms with Gasteiger partial charge in [0.2, 0.25) is 0 Å². The summed E-state index contributed by atoms with van der Waals surface area (Å²) in [6.45, 7) is 0.606. The predicted octanol–water partition coefficient (Wildman–Crippen LogP) is 2.43. The highest BCUT2D eigenvalue weighted by Crippen LogP contribution is 2.31. The molecule has 0 aromatic heterocycles. The van der Waals surface area contributed by atoms with Crippen LogP contribution in [0.5, 0.6) is 0 Å². The lowest BCUT2D eigenvalue weighted by Crippen LogP contribution is -2.13. The van der Waals surface area contributed by atoms with Gasteiger partial charge in [0.15, 0.2) is 6.16 Å². The molecule has 1 saturated carbocycles. The molecule has 13 heavy (non-hydrogen) atoms. The van der Waals surface area contributed by atoms with Crippen LogP contribution in [-0.4, -0.2) is 18.8 Å². The molecule has 1 fully saturated rings. The molecule has 76 valence electrons. The zero-order chi connectivity index (χ0) is 9.52. The third kappa shape index (κ3) is 4.70. The fourth-order valence-corrected chi connectivity index (χ4v) is 2.70. The van der Waals surface area contributed by atoms with Crippen molar-refractivity contribution in [3.05, 3.63) is 0 Å². The van der Waals surface area contributed by atoms with Crippen molar-refractivity contribution in [2.45, 2.75) is 44.6 Å². The van der Waals surface area contributed by atoms with Crippen molar-refractivity contribution < 1.29 is 9.09 Å². The van der Waals surface area contributed by atoms with Crippen molar-refractivity contribution in [1.82, 2.24) is 0 Å². The second-order valence-electron chi connectivity index (χ2n) is 3.56. The van der Waals surface area contributed by atoms with E-state index in [0.717, 1.165) is 19.3 Å². The van der Waals surface area contributed by atoms with Crippen LogP contribution in [0.25, 0.3) is 0 Å². The maximum atomic E-state index is 11.3. The predicted molar refractivity (Wildman–Crippen MR) is 54.1 cm³/mol. The molecule has 4 heteroatoms. The molecule has 2 N–H and O–H groups in total. The van der Waals surface area contributed by atoms with Gasteiger partial charge in [0, 0.05) is 6.42 Å². The fraction of sp³-hybridized carbons (Fsp3) is 1.00. The van der Waals surface area contributed by atoms with Crippen LogP contribution in [0, 0.1) is 0 Å². The van der Waals surface area contributed by atoms with Crippen molar-refractivity contribution in [1.29, 1.82) is 0 Å². The van der Waals surface area contributed by atoms with Crippen LogP contribution in [-0.2, 0) is 9.09 Å². The van der Waals surface area contributed by atoms with Crippen LogP contribution >= 0.6 is 8.03 Å². The van der Waals surface area contributed by atoms with E-state index in [-0.39, 0.29) is 6.10 Å². The van der Waals surface area contributed by atoms with Crippen LogP contribution in [0.3, 0.4) is 0 Å². The minimum atomic E-state index is -1.44. The monoisotopic (exact) mass is 204 g/mol. The smallest absolute Gasteiger partial charge is 0.330 e. The summed E-state index contributed by atoms with van der Waals surface area (Å²) in [6.07, 6.45) is 7.63. The van der Waals surface area contributed by atoms with E-state index in [1.807, 2.05) is 0 Å². The Hall–Kier alpha value is 0.0200. The Morgan fingerprint density at radius 1 is 1.31 bits per heavy atom. The van der Waals surface area contributed by atoms with E-state index in [1.165, 1.54) is 19.3 Å². The molecular formula is C9H19NO2P+. The van der Waals surface area contributed by atoms with E-state index in [4.69, 9.17) is 10.3 Å².